The maximum Gasteiger partial charge on any atom is 0.0208 e. The van der Waals surface area contributed by atoms with E-state index in [2.05, 4.69) is 54.7 Å². The van der Waals surface area contributed by atoms with Crippen LogP contribution in [0.1, 0.15) is 51.0 Å². The Balaban J connectivity index is 1.60. The third-order valence-corrected chi connectivity index (χ3v) is 5.05. The predicted molar refractivity (Wildman–Crippen MR) is 91.4 cm³/mol. The molecule has 0 aliphatic heterocycles. The SMILES string of the molecule is C[C@H](NCc1ccc2ccccc2c1)C1CCCCCC1. The fourth-order valence-electron chi connectivity index (χ4n) is 3.61. The zero-order chi connectivity index (χ0) is 14.5. The molecule has 1 nitrogen and oxygen atoms in total. The molecule has 0 saturated heterocycles. The van der Waals surface area contributed by atoms with Crippen molar-refractivity contribution < 1.29 is 0 Å². The van der Waals surface area contributed by atoms with Gasteiger partial charge in [-0.3, -0.25) is 0 Å². The van der Waals surface area contributed by atoms with E-state index in [4.69, 9.17) is 0 Å². The van der Waals surface area contributed by atoms with Crippen LogP contribution in [-0.2, 0) is 6.54 Å². The number of benzene rings is 2. The van der Waals surface area contributed by atoms with Crippen molar-refractivity contribution in [2.75, 3.05) is 0 Å². The van der Waals surface area contributed by atoms with Crippen LogP contribution in [0.25, 0.3) is 10.8 Å². The Morgan fingerprint density at radius 2 is 1.67 bits per heavy atom. The maximum absolute atomic E-state index is 3.76. The number of nitrogens with one attached hydrogen (secondary N) is 1. The molecular weight excluding hydrogens is 254 g/mol. The molecule has 1 N–H and O–H groups in total. The molecule has 3 rings (SSSR count). The largest absolute Gasteiger partial charge is 0.310 e. The molecule has 1 aliphatic carbocycles. The maximum atomic E-state index is 3.76. The molecular formula is C20H27N. The quantitative estimate of drug-likeness (QED) is 0.751. The highest BCUT2D eigenvalue weighted by molar-refractivity contribution is 5.82. The van der Waals surface area contributed by atoms with E-state index in [0.29, 0.717) is 6.04 Å². The first kappa shape index (κ1) is 14.6. The second-order valence-electron chi connectivity index (χ2n) is 6.60. The smallest absolute Gasteiger partial charge is 0.0208 e. The van der Waals surface area contributed by atoms with Crippen molar-refractivity contribution in [3.05, 3.63) is 48.0 Å². The van der Waals surface area contributed by atoms with Crippen LogP contribution < -0.4 is 5.32 Å². The summed E-state index contributed by atoms with van der Waals surface area (Å²) in [5.74, 6) is 0.868. The van der Waals surface area contributed by atoms with Gasteiger partial charge in [-0.05, 0) is 48.1 Å². The van der Waals surface area contributed by atoms with Crippen molar-refractivity contribution in [1.82, 2.24) is 5.32 Å². The molecule has 0 unspecified atom stereocenters. The van der Waals surface area contributed by atoms with Gasteiger partial charge in [0.15, 0.2) is 0 Å². The van der Waals surface area contributed by atoms with Crippen LogP contribution >= 0.6 is 0 Å². The molecule has 1 heteroatoms. The topological polar surface area (TPSA) is 12.0 Å². The Hall–Kier alpha value is -1.34. The van der Waals surface area contributed by atoms with Crippen LogP contribution in [0.2, 0.25) is 0 Å². The highest BCUT2D eigenvalue weighted by atomic mass is 14.9. The predicted octanol–water partition coefficient (Wildman–Crippen LogP) is 5.29. The third kappa shape index (κ3) is 3.85. The minimum atomic E-state index is 0.634. The summed E-state index contributed by atoms with van der Waals surface area (Å²) in [4.78, 5) is 0. The Kier molecular flexibility index (Phi) is 4.92. The minimum Gasteiger partial charge on any atom is -0.310 e. The van der Waals surface area contributed by atoms with Crippen LogP contribution in [0.4, 0.5) is 0 Å². The molecule has 2 aromatic carbocycles. The number of rotatable bonds is 4. The van der Waals surface area contributed by atoms with E-state index in [1.54, 1.807) is 0 Å². The summed E-state index contributed by atoms with van der Waals surface area (Å²) in [6, 6.07) is 16.1. The second kappa shape index (κ2) is 7.09. The lowest BCUT2D eigenvalue weighted by molar-refractivity contribution is 0.337. The zero-order valence-corrected chi connectivity index (χ0v) is 13.1. The van der Waals surface area contributed by atoms with Gasteiger partial charge in [-0.25, -0.2) is 0 Å². The standard InChI is InChI=1S/C20H27N/c1-16(18-8-4-2-3-5-9-18)21-15-17-12-13-19-10-6-7-11-20(19)14-17/h6-7,10-14,16,18,21H,2-5,8-9,15H2,1H3/t16-/m0/s1. The molecule has 2 aromatic rings. The normalized spacial score (nSPS) is 18.5. The van der Waals surface area contributed by atoms with Gasteiger partial charge in [0, 0.05) is 12.6 Å². The van der Waals surface area contributed by atoms with E-state index in [-0.39, 0.29) is 0 Å². The highest BCUT2D eigenvalue weighted by Gasteiger charge is 2.18. The molecule has 0 spiro atoms. The van der Waals surface area contributed by atoms with E-state index in [0.717, 1.165) is 12.5 Å². The minimum absolute atomic E-state index is 0.634. The van der Waals surface area contributed by atoms with Gasteiger partial charge in [-0.1, -0.05) is 62.1 Å². The molecule has 0 radical (unpaired) electrons. The van der Waals surface area contributed by atoms with Crippen LogP contribution in [0.15, 0.2) is 42.5 Å². The molecule has 1 saturated carbocycles. The molecule has 0 aromatic heterocycles. The first-order chi connectivity index (χ1) is 10.3. The molecule has 1 fully saturated rings. The van der Waals surface area contributed by atoms with Gasteiger partial charge >= 0.3 is 0 Å². The van der Waals surface area contributed by atoms with Crippen molar-refractivity contribution >= 4 is 10.8 Å². The van der Waals surface area contributed by atoms with Crippen LogP contribution in [0.3, 0.4) is 0 Å². The van der Waals surface area contributed by atoms with E-state index < -0.39 is 0 Å². The summed E-state index contributed by atoms with van der Waals surface area (Å²) in [7, 11) is 0. The fraction of sp³-hybridized carbons (Fsp3) is 0.500. The molecule has 0 heterocycles. The Bertz CT molecular complexity index is 567. The van der Waals surface area contributed by atoms with Crippen LogP contribution in [0.5, 0.6) is 0 Å². The monoisotopic (exact) mass is 281 g/mol. The molecule has 112 valence electrons. The summed E-state index contributed by atoms with van der Waals surface area (Å²) in [5, 5.41) is 6.44. The van der Waals surface area contributed by atoms with Crippen molar-refractivity contribution in [3.63, 3.8) is 0 Å². The Morgan fingerprint density at radius 3 is 2.43 bits per heavy atom. The van der Waals surface area contributed by atoms with Gasteiger partial charge in [0.25, 0.3) is 0 Å². The van der Waals surface area contributed by atoms with E-state index in [1.165, 1.54) is 54.9 Å². The van der Waals surface area contributed by atoms with Crippen molar-refractivity contribution in [1.29, 1.82) is 0 Å². The van der Waals surface area contributed by atoms with Gasteiger partial charge in [0.05, 0.1) is 0 Å². The van der Waals surface area contributed by atoms with Crippen LogP contribution in [-0.4, -0.2) is 6.04 Å². The summed E-state index contributed by atoms with van der Waals surface area (Å²) in [6.45, 7) is 3.36. The first-order valence-electron chi connectivity index (χ1n) is 8.54. The molecule has 21 heavy (non-hydrogen) atoms. The van der Waals surface area contributed by atoms with E-state index in [1.807, 2.05) is 0 Å². The van der Waals surface area contributed by atoms with E-state index >= 15 is 0 Å². The molecule has 0 amide bonds. The van der Waals surface area contributed by atoms with Gasteiger partial charge < -0.3 is 5.32 Å². The number of hydrogen-bond donors (Lipinski definition) is 1. The highest BCUT2D eigenvalue weighted by Crippen LogP contribution is 2.25. The Labute approximate surface area is 128 Å². The average molecular weight is 281 g/mol. The first-order valence-corrected chi connectivity index (χ1v) is 8.54. The zero-order valence-electron chi connectivity index (χ0n) is 13.1. The van der Waals surface area contributed by atoms with Crippen molar-refractivity contribution in [2.45, 2.75) is 58.0 Å². The van der Waals surface area contributed by atoms with Crippen LogP contribution in [0, 0.1) is 5.92 Å². The van der Waals surface area contributed by atoms with Gasteiger partial charge in [-0.15, -0.1) is 0 Å². The van der Waals surface area contributed by atoms with Crippen molar-refractivity contribution in [2.24, 2.45) is 5.92 Å². The lowest BCUT2D eigenvalue weighted by Gasteiger charge is -2.23. The number of hydrogen-bond acceptors (Lipinski definition) is 1. The van der Waals surface area contributed by atoms with Crippen molar-refractivity contribution in [3.8, 4) is 0 Å². The molecule has 1 atom stereocenters. The summed E-state index contributed by atoms with van der Waals surface area (Å²) >= 11 is 0. The summed E-state index contributed by atoms with van der Waals surface area (Å²) in [6.07, 6.45) is 8.54. The average Bonchev–Trinajstić information content (AvgIpc) is 2.81. The van der Waals surface area contributed by atoms with Gasteiger partial charge in [0.1, 0.15) is 0 Å². The third-order valence-electron chi connectivity index (χ3n) is 5.05. The lowest BCUT2D eigenvalue weighted by Crippen LogP contribution is -2.32. The van der Waals surface area contributed by atoms with Gasteiger partial charge in [-0.2, -0.15) is 0 Å². The second-order valence-corrected chi connectivity index (χ2v) is 6.60. The fourth-order valence-corrected chi connectivity index (χ4v) is 3.61. The van der Waals surface area contributed by atoms with E-state index in [9.17, 15) is 0 Å². The number of fused-ring (bicyclic) bond motifs is 1. The Morgan fingerprint density at radius 1 is 0.952 bits per heavy atom. The molecule has 1 aliphatic rings. The van der Waals surface area contributed by atoms with Gasteiger partial charge in [0.2, 0.25) is 0 Å². The lowest BCUT2D eigenvalue weighted by atomic mass is 9.93. The summed E-state index contributed by atoms with van der Waals surface area (Å²) in [5.41, 5.74) is 1.40. The molecule has 0 bridgehead atoms. The summed E-state index contributed by atoms with van der Waals surface area (Å²) < 4.78 is 0.